The third-order valence-corrected chi connectivity index (χ3v) is 5.53. The van der Waals surface area contributed by atoms with E-state index in [9.17, 15) is 14.0 Å². The maximum absolute atomic E-state index is 13.2. The molecule has 2 aromatic rings. The van der Waals surface area contributed by atoms with Crippen LogP contribution in [0.3, 0.4) is 0 Å². The number of aldehydes is 1. The summed E-state index contributed by atoms with van der Waals surface area (Å²) in [6, 6.07) is 12.2. The first-order valence-corrected chi connectivity index (χ1v) is 10.1. The van der Waals surface area contributed by atoms with Crippen LogP contribution in [-0.4, -0.2) is 18.7 Å². The SMILES string of the molecule is N#CCCc1cc2c(c(C(=O)NCC(CC=O)c3ccc(F)cc3)c1)CCCC2. The van der Waals surface area contributed by atoms with Crippen LogP contribution in [0.2, 0.25) is 0 Å². The molecule has 1 aliphatic carbocycles. The Morgan fingerprint density at radius 3 is 2.69 bits per heavy atom. The Kier molecular flexibility index (Phi) is 7.13. The molecule has 0 spiro atoms. The van der Waals surface area contributed by atoms with Gasteiger partial charge in [0.15, 0.2) is 0 Å². The Balaban J connectivity index is 1.79. The fraction of sp³-hybridized carbons (Fsp3) is 0.375. The molecule has 2 aromatic carbocycles. The molecule has 150 valence electrons. The van der Waals surface area contributed by atoms with Crippen LogP contribution in [0.15, 0.2) is 36.4 Å². The minimum atomic E-state index is -0.330. The number of aryl methyl sites for hydroxylation is 2. The van der Waals surface area contributed by atoms with Gasteiger partial charge in [0, 0.05) is 30.9 Å². The number of nitrogens with zero attached hydrogens (tertiary/aromatic N) is 1. The molecule has 1 atom stereocenters. The number of fused-ring (bicyclic) bond motifs is 1. The van der Waals surface area contributed by atoms with Crippen LogP contribution in [-0.2, 0) is 24.1 Å². The third-order valence-electron chi connectivity index (χ3n) is 5.53. The van der Waals surface area contributed by atoms with Crippen molar-refractivity contribution in [2.45, 2.75) is 50.9 Å². The lowest BCUT2D eigenvalue weighted by Gasteiger charge is -2.22. The smallest absolute Gasteiger partial charge is 0.251 e. The molecule has 0 radical (unpaired) electrons. The van der Waals surface area contributed by atoms with E-state index in [1.165, 1.54) is 17.7 Å². The molecular weight excluding hydrogens is 367 g/mol. The molecule has 1 N–H and O–H groups in total. The van der Waals surface area contributed by atoms with E-state index < -0.39 is 0 Å². The first kappa shape index (κ1) is 20.7. The second kappa shape index (κ2) is 9.97. The van der Waals surface area contributed by atoms with E-state index >= 15 is 0 Å². The summed E-state index contributed by atoms with van der Waals surface area (Å²) in [7, 11) is 0. The predicted octanol–water partition coefficient (Wildman–Crippen LogP) is 4.26. The van der Waals surface area contributed by atoms with Crippen molar-refractivity contribution in [3.63, 3.8) is 0 Å². The van der Waals surface area contributed by atoms with Gasteiger partial charge in [-0.3, -0.25) is 4.79 Å². The zero-order chi connectivity index (χ0) is 20.6. The highest BCUT2D eigenvalue weighted by molar-refractivity contribution is 5.96. The van der Waals surface area contributed by atoms with Crippen LogP contribution in [0.4, 0.5) is 4.39 Å². The molecule has 3 rings (SSSR count). The molecule has 5 heteroatoms. The predicted molar refractivity (Wildman–Crippen MR) is 109 cm³/mol. The maximum Gasteiger partial charge on any atom is 0.251 e. The number of nitrogens with one attached hydrogen (secondary N) is 1. The summed E-state index contributed by atoms with van der Waals surface area (Å²) < 4.78 is 13.2. The van der Waals surface area contributed by atoms with Gasteiger partial charge in [0.1, 0.15) is 12.1 Å². The second-order valence-corrected chi connectivity index (χ2v) is 7.51. The molecule has 29 heavy (non-hydrogen) atoms. The molecule has 4 nitrogen and oxygen atoms in total. The zero-order valence-electron chi connectivity index (χ0n) is 16.4. The standard InChI is InChI=1S/C24H25FN2O2/c25-21-9-7-18(8-10-21)20(11-13-28)16-27-24(29)23-15-17(4-3-12-26)14-19-5-1-2-6-22(19)23/h7-10,13-15,20H,1-6,11,16H2,(H,27,29). The Hall–Kier alpha value is -3.00. The van der Waals surface area contributed by atoms with Gasteiger partial charge in [-0.05, 0) is 72.6 Å². The van der Waals surface area contributed by atoms with Crippen LogP contribution in [0, 0.1) is 17.1 Å². The first-order chi connectivity index (χ1) is 14.1. The van der Waals surface area contributed by atoms with Gasteiger partial charge in [-0.15, -0.1) is 0 Å². The lowest BCUT2D eigenvalue weighted by Crippen LogP contribution is -2.30. The van der Waals surface area contributed by atoms with Crippen LogP contribution in [0.25, 0.3) is 0 Å². The first-order valence-electron chi connectivity index (χ1n) is 10.1. The number of hydrogen-bond acceptors (Lipinski definition) is 3. The number of rotatable bonds is 8. The number of nitriles is 1. The quantitative estimate of drug-likeness (QED) is 0.682. The van der Waals surface area contributed by atoms with Crippen molar-refractivity contribution >= 4 is 12.2 Å². The van der Waals surface area contributed by atoms with Crippen LogP contribution in [0.5, 0.6) is 0 Å². The largest absolute Gasteiger partial charge is 0.351 e. The summed E-state index contributed by atoms with van der Waals surface area (Å²) in [6.07, 6.45) is 6.15. The third kappa shape index (κ3) is 5.29. The number of halogens is 1. The fourth-order valence-electron chi connectivity index (χ4n) is 3.98. The normalized spacial score (nSPS) is 13.8. The van der Waals surface area contributed by atoms with Crippen LogP contribution < -0.4 is 5.32 Å². The summed E-state index contributed by atoms with van der Waals surface area (Å²) in [5.41, 5.74) is 4.83. The molecule has 0 saturated carbocycles. The lowest BCUT2D eigenvalue weighted by atomic mass is 9.85. The lowest BCUT2D eigenvalue weighted by molar-refractivity contribution is -0.108. The van der Waals surface area contributed by atoms with Crippen LogP contribution in [0.1, 0.15) is 64.2 Å². The average Bonchev–Trinajstić information content (AvgIpc) is 2.75. The highest BCUT2D eigenvalue weighted by Gasteiger charge is 2.20. The maximum atomic E-state index is 13.2. The number of amides is 1. The van der Waals surface area contributed by atoms with Crippen molar-refractivity contribution in [3.05, 3.63) is 70.0 Å². The van der Waals surface area contributed by atoms with Crippen molar-refractivity contribution < 1.29 is 14.0 Å². The van der Waals surface area contributed by atoms with Gasteiger partial charge in [0.05, 0.1) is 6.07 Å². The number of hydrogen-bond donors (Lipinski definition) is 1. The molecule has 1 unspecified atom stereocenters. The van der Waals surface area contributed by atoms with Gasteiger partial charge in [0.25, 0.3) is 5.91 Å². The van der Waals surface area contributed by atoms with E-state index in [4.69, 9.17) is 5.26 Å². The highest BCUT2D eigenvalue weighted by atomic mass is 19.1. The Morgan fingerprint density at radius 1 is 1.21 bits per heavy atom. The molecule has 0 saturated heterocycles. The molecule has 0 fully saturated rings. The van der Waals surface area contributed by atoms with Gasteiger partial charge in [-0.1, -0.05) is 18.2 Å². The average molecular weight is 392 g/mol. The molecular formula is C24H25FN2O2. The summed E-state index contributed by atoms with van der Waals surface area (Å²) in [5, 5.41) is 11.9. The highest BCUT2D eigenvalue weighted by Crippen LogP contribution is 2.27. The van der Waals surface area contributed by atoms with E-state index in [-0.39, 0.29) is 24.1 Å². The van der Waals surface area contributed by atoms with E-state index in [1.807, 2.05) is 6.07 Å². The fourth-order valence-corrected chi connectivity index (χ4v) is 3.98. The monoisotopic (exact) mass is 392 g/mol. The van der Waals surface area contributed by atoms with Crippen molar-refractivity contribution in [2.75, 3.05) is 6.54 Å². The van der Waals surface area contributed by atoms with Gasteiger partial charge in [-0.25, -0.2) is 4.39 Å². The van der Waals surface area contributed by atoms with E-state index in [0.717, 1.165) is 48.7 Å². The van der Waals surface area contributed by atoms with Gasteiger partial charge < -0.3 is 10.1 Å². The zero-order valence-corrected chi connectivity index (χ0v) is 16.4. The molecule has 1 aliphatic rings. The Labute approximate surface area is 170 Å². The second-order valence-electron chi connectivity index (χ2n) is 7.51. The summed E-state index contributed by atoms with van der Waals surface area (Å²) >= 11 is 0. The number of carbonyl (C=O) groups is 2. The molecule has 0 aliphatic heterocycles. The van der Waals surface area contributed by atoms with Gasteiger partial charge in [0.2, 0.25) is 0 Å². The minimum absolute atomic E-state index is 0.153. The van der Waals surface area contributed by atoms with Gasteiger partial charge in [-0.2, -0.15) is 5.26 Å². The number of carbonyl (C=O) groups excluding carboxylic acids is 2. The molecule has 0 aromatic heterocycles. The van der Waals surface area contributed by atoms with E-state index in [2.05, 4.69) is 17.5 Å². The molecule has 1 amide bonds. The van der Waals surface area contributed by atoms with Crippen molar-refractivity contribution in [2.24, 2.45) is 0 Å². The van der Waals surface area contributed by atoms with Gasteiger partial charge >= 0.3 is 0 Å². The summed E-state index contributed by atoms with van der Waals surface area (Å²) in [6.45, 7) is 0.306. The van der Waals surface area contributed by atoms with Crippen molar-refractivity contribution in [1.82, 2.24) is 5.32 Å². The van der Waals surface area contributed by atoms with Crippen LogP contribution >= 0.6 is 0 Å². The summed E-state index contributed by atoms with van der Waals surface area (Å²) in [5.74, 6) is -0.682. The Bertz CT molecular complexity index is 916. The molecule has 0 heterocycles. The van der Waals surface area contributed by atoms with E-state index in [0.29, 0.717) is 24.9 Å². The number of benzene rings is 2. The molecule has 0 bridgehead atoms. The summed E-state index contributed by atoms with van der Waals surface area (Å²) in [4.78, 5) is 24.1. The minimum Gasteiger partial charge on any atom is -0.351 e. The van der Waals surface area contributed by atoms with E-state index in [1.54, 1.807) is 12.1 Å². The topological polar surface area (TPSA) is 70.0 Å². The van der Waals surface area contributed by atoms with Crippen molar-refractivity contribution in [3.8, 4) is 6.07 Å². The van der Waals surface area contributed by atoms with Crippen molar-refractivity contribution in [1.29, 1.82) is 5.26 Å². The Morgan fingerprint density at radius 2 is 1.97 bits per heavy atom.